The summed E-state index contributed by atoms with van der Waals surface area (Å²) in [5.41, 5.74) is -5.24. The maximum absolute atomic E-state index is 13.4. The standard InChI is InChI=1S/C16H12F4N4O2S/c17-11-6-7-13(14(8-11)27(25,26)16(18,19)20)21-9-15-23-22-10-24(15)12-4-2-1-3-5-12/h1-8,10,21H,9H2. The van der Waals surface area contributed by atoms with Crippen molar-refractivity contribution in [1.29, 1.82) is 0 Å². The monoisotopic (exact) mass is 400 g/mol. The van der Waals surface area contributed by atoms with E-state index in [9.17, 15) is 26.0 Å². The van der Waals surface area contributed by atoms with Gasteiger partial charge in [-0.25, -0.2) is 12.8 Å². The largest absolute Gasteiger partial charge is 0.501 e. The Hall–Kier alpha value is -2.95. The molecule has 0 saturated heterocycles. The Bertz CT molecular complexity index is 1050. The van der Waals surface area contributed by atoms with Gasteiger partial charge in [-0.15, -0.1) is 10.2 Å². The molecule has 11 heteroatoms. The fourth-order valence-electron chi connectivity index (χ4n) is 2.35. The molecule has 142 valence electrons. The topological polar surface area (TPSA) is 76.9 Å². The summed E-state index contributed by atoms with van der Waals surface area (Å²) in [6.45, 7) is -0.138. The molecule has 1 N–H and O–H groups in total. The zero-order valence-corrected chi connectivity index (χ0v) is 14.3. The lowest BCUT2D eigenvalue weighted by molar-refractivity contribution is -0.0435. The van der Waals surface area contributed by atoms with Crippen LogP contribution in [0.1, 0.15) is 5.82 Å². The summed E-state index contributed by atoms with van der Waals surface area (Å²) < 4.78 is 77.0. The second kappa shape index (κ2) is 6.99. The van der Waals surface area contributed by atoms with E-state index >= 15 is 0 Å². The number of hydrogen-bond acceptors (Lipinski definition) is 5. The van der Waals surface area contributed by atoms with Crippen molar-refractivity contribution < 1.29 is 26.0 Å². The number of alkyl halides is 3. The van der Waals surface area contributed by atoms with Gasteiger partial charge in [0.05, 0.1) is 12.2 Å². The van der Waals surface area contributed by atoms with Crippen LogP contribution in [0, 0.1) is 5.82 Å². The Kier molecular flexibility index (Phi) is 4.87. The van der Waals surface area contributed by atoms with Crippen molar-refractivity contribution >= 4 is 15.5 Å². The number of para-hydroxylation sites is 1. The first-order valence-electron chi connectivity index (χ1n) is 7.49. The number of nitrogens with zero attached hydrogens (tertiary/aromatic N) is 3. The highest BCUT2D eigenvalue weighted by Gasteiger charge is 2.48. The minimum atomic E-state index is -5.73. The molecule has 3 aromatic rings. The molecule has 0 bridgehead atoms. The van der Waals surface area contributed by atoms with Gasteiger partial charge in [0.1, 0.15) is 17.0 Å². The van der Waals surface area contributed by atoms with Crippen molar-refractivity contribution in [1.82, 2.24) is 14.8 Å². The van der Waals surface area contributed by atoms with Crippen LogP contribution in [0.4, 0.5) is 23.2 Å². The molecule has 0 unspecified atom stereocenters. The van der Waals surface area contributed by atoms with E-state index in [0.717, 1.165) is 12.1 Å². The number of anilines is 1. The molecule has 0 aliphatic rings. The van der Waals surface area contributed by atoms with Crippen LogP contribution >= 0.6 is 0 Å². The van der Waals surface area contributed by atoms with Gasteiger partial charge in [-0.2, -0.15) is 13.2 Å². The van der Waals surface area contributed by atoms with Crippen molar-refractivity contribution in [2.45, 2.75) is 16.9 Å². The molecule has 27 heavy (non-hydrogen) atoms. The van der Waals surface area contributed by atoms with Crippen LogP contribution in [0.25, 0.3) is 5.69 Å². The summed E-state index contributed by atoms with van der Waals surface area (Å²) in [6, 6.07) is 11.0. The minimum Gasteiger partial charge on any atom is -0.377 e. The normalized spacial score (nSPS) is 12.1. The molecule has 2 aromatic carbocycles. The van der Waals surface area contributed by atoms with Crippen molar-refractivity contribution in [3.8, 4) is 5.69 Å². The van der Waals surface area contributed by atoms with Gasteiger partial charge < -0.3 is 5.32 Å². The van der Waals surface area contributed by atoms with Crippen LogP contribution in [0.15, 0.2) is 59.8 Å². The molecule has 0 aliphatic heterocycles. The van der Waals surface area contributed by atoms with Gasteiger partial charge in [0, 0.05) is 5.69 Å². The first-order valence-corrected chi connectivity index (χ1v) is 8.97. The molecule has 0 saturated carbocycles. The molecule has 3 rings (SSSR count). The van der Waals surface area contributed by atoms with E-state index in [0.29, 0.717) is 17.6 Å². The van der Waals surface area contributed by atoms with E-state index in [1.165, 1.54) is 6.33 Å². The molecule has 1 heterocycles. The van der Waals surface area contributed by atoms with Crippen LogP contribution < -0.4 is 5.32 Å². The maximum atomic E-state index is 13.4. The van der Waals surface area contributed by atoms with E-state index in [2.05, 4.69) is 15.5 Å². The Morgan fingerprint density at radius 3 is 2.44 bits per heavy atom. The fourth-order valence-corrected chi connectivity index (χ4v) is 3.29. The lowest BCUT2D eigenvalue weighted by atomic mass is 10.3. The predicted octanol–water partition coefficient (Wildman–Crippen LogP) is 3.31. The minimum absolute atomic E-state index is 0.138. The molecule has 0 radical (unpaired) electrons. The summed E-state index contributed by atoms with van der Waals surface area (Å²) in [5, 5.41) is 10.2. The van der Waals surface area contributed by atoms with E-state index in [-0.39, 0.29) is 6.54 Å². The highest BCUT2D eigenvalue weighted by Crippen LogP contribution is 2.35. The molecule has 0 aliphatic carbocycles. The van der Waals surface area contributed by atoms with E-state index < -0.39 is 31.7 Å². The first kappa shape index (κ1) is 18.8. The van der Waals surface area contributed by atoms with Crippen molar-refractivity contribution in [2.75, 3.05) is 5.32 Å². The van der Waals surface area contributed by atoms with Gasteiger partial charge >= 0.3 is 5.51 Å². The zero-order valence-electron chi connectivity index (χ0n) is 13.5. The fraction of sp³-hybridized carbons (Fsp3) is 0.125. The van der Waals surface area contributed by atoms with E-state index in [1.54, 1.807) is 34.9 Å². The molecular formula is C16H12F4N4O2S. The molecule has 0 amide bonds. The van der Waals surface area contributed by atoms with Crippen LogP contribution in [-0.2, 0) is 16.4 Å². The van der Waals surface area contributed by atoms with Crippen LogP contribution in [0.2, 0.25) is 0 Å². The Labute approximate surface area is 151 Å². The average Bonchev–Trinajstić information content (AvgIpc) is 3.09. The van der Waals surface area contributed by atoms with Crippen molar-refractivity contribution in [2.24, 2.45) is 0 Å². The quantitative estimate of drug-likeness (QED) is 0.665. The van der Waals surface area contributed by atoms with Gasteiger partial charge in [-0.3, -0.25) is 4.57 Å². The number of benzene rings is 2. The Morgan fingerprint density at radius 1 is 1.07 bits per heavy atom. The third kappa shape index (κ3) is 3.77. The SMILES string of the molecule is O=S(=O)(c1cc(F)ccc1NCc1nncn1-c1ccccc1)C(F)(F)F. The van der Waals surface area contributed by atoms with Crippen molar-refractivity contribution in [3.63, 3.8) is 0 Å². The molecule has 0 fully saturated rings. The van der Waals surface area contributed by atoms with Gasteiger partial charge in [0.2, 0.25) is 0 Å². The molecule has 0 atom stereocenters. The van der Waals surface area contributed by atoms with E-state index in [4.69, 9.17) is 0 Å². The lowest BCUT2D eigenvalue weighted by Crippen LogP contribution is -2.24. The lowest BCUT2D eigenvalue weighted by Gasteiger charge is -2.14. The van der Waals surface area contributed by atoms with Gasteiger partial charge in [0.15, 0.2) is 5.82 Å². The molecular weight excluding hydrogens is 388 g/mol. The zero-order chi connectivity index (χ0) is 19.7. The van der Waals surface area contributed by atoms with E-state index in [1.807, 2.05) is 0 Å². The Balaban J connectivity index is 1.92. The first-order chi connectivity index (χ1) is 12.7. The average molecular weight is 400 g/mol. The predicted molar refractivity (Wildman–Crippen MR) is 88.3 cm³/mol. The number of aromatic nitrogens is 3. The van der Waals surface area contributed by atoms with Crippen LogP contribution in [0.5, 0.6) is 0 Å². The number of nitrogens with one attached hydrogen (secondary N) is 1. The third-order valence-electron chi connectivity index (χ3n) is 3.63. The Morgan fingerprint density at radius 2 is 1.78 bits per heavy atom. The number of sulfone groups is 1. The smallest absolute Gasteiger partial charge is 0.377 e. The summed E-state index contributed by atoms with van der Waals surface area (Å²) in [4.78, 5) is -1.19. The molecule has 1 aromatic heterocycles. The highest BCUT2D eigenvalue weighted by molar-refractivity contribution is 7.92. The molecule has 6 nitrogen and oxygen atoms in total. The number of halogens is 4. The number of rotatable bonds is 5. The van der Waals surface area contributed by atoms with Crippen LogP contribution in [-0.4, -0.2) is 28.7 Å². The number of hydrogen-bond donors (Lipinski definition) is 1. The highest BCUT2D eigenvalue weighted by atomic mass is 32.2. The summed E-state index contributed by atoms with van der Waals surface area (Å²) >= 11 is 0. The van der Waals surface area contributed by atoms with Gasteiger partial charge in [-0.1, -0.05) is 18.2 Å². The summed E-state index contributed by atoms with van der Waals surface area (Å²) in [5.74, 6) is -0.781. The van der Waals surface area contributed by atoms with Gasteiger partial charge in [0.25, 0.3) is 9.84 Å². The molecule has 0 spiro atoms. The maximum Gasteiger partial charge on any atom is 0.501 e. The van der Waals surface area contributed by atoms with Crippen LogP contribution in [0.3, 0.4) is 0 Å². The van der Waals surface area contributed by atoms with Gasteiger partial charge in [-0.05, 0) is 30.3 Å². The second-order valence-electron chi connectivity index (χ2n) is 5.40. The third-order valence-corrected chi connectivity index (χ3v) is 5.15. The second-order valence-corrected chi connectivity index (χ2v) is 7.31. The summed E-state index contributed by atoms with van der Waals surface area (Å²) in [6.07, 6.45) is 1.41. The van der Waals surface area contributed by atoms with Crippen molar-refractivity contribution in [3.05, 3.63) is 66.5 Å². The summed E-state index contributed by atoms with van der Waals surface area (Å²) in [7, 11) is -5.73.